The minimum Gasteiger partial charge on any atom is -0.338 e. The van der Waals surface area contributed by atoms with E-state index in [0.717, 1.165) is 43.7 Å². The smallest absolute Gasteiger partial charge is 0.254 e. The molecule has 2 fully saturated rings. The number of nitrogens with zero attached hydrogens (tertiary/aromatic N) is 1. The molecule has 128 valence electrons. The van der Waals surface area contributed by atoms with Gasteiger partial charge in [-0.3, -0.25) is 4.79 Å². The molecule has 2 saturated heterocycles. The van der Waals surface area contributed by atoms with Gasteiger partial charge in [-0.05, 0) is 74.7 Å². The Kier molecular flexibility index (Phi) is 6.49. The van der Waals surface area contributed by atoms with E-state index in [9.17, 15) is 4.79 Å². The van der Waals surface area contributed by atoms with E-state index in [1.807, 2.05) is 0 Å². The first-order valence-corrected chi connectivity index (χ1v) is 8.75. The van der Waals surface area contributed by atoms with Gasteiger partial charge in [-0.2, -0.15) is 0 Å². The Hall–Kier alpha value is -1.06. The number of nitrogens with one attached hydrogen (secondary N) is 1. The lowest BCUT2D eigenvalue weighted by Gasteiger charge is -2.31. The number of carbonyl (C=O) groups excluding carboxylic acids is 1. The molecule has 0 bridgehead atoms. The molecule has 4 heteroatoms. The van der Waals surface area contributed by atoms with Crippen LogP contribution in [0.25, 0.3) is 0 Å². The molecule has 3 nitrogen and oxygen atoms in total. The first-order valence-electron chi connectivity index (χ1n) is 8.75. The molecule has 1 unspecified atom stereocenters. The Morgan fingerprint density at radius 2 is 1.96 bits per heavy atom. The van der Waals surface area contributed by atoms with Crippen LogP contribution in [0, 0.1) is 12.8 Å². The van der Waals surface area contributed by atoms with E-state index < -0.39 is 0 Å². The van der Waals surface area contributed by atoms with Crippen LogP contribution < -0.4 is 5.32 Å². The summed E-state index contributed by atoms with van der Waals surface area (Å²) in [7, 11) is 0. The molecule has 1 amide bonds. The standard InChI is InChI=1S/C19H28N2O.ClH/c1-14-4-3-11-21(13-14)19(22)18-12-17(6-5-15(18)2)16-7-9-20-10-8-16;/h5-6,12,14,16,20H,3-4,7-11,13H2,1-2H3;1H. The van der Waals surface area contributed by atoms with Crippen molar-refractivity contribution in [3.63, 3.8) is 0 Å². The molecular weight excluding hydrogens is 308 g/mol. The molecular formula is C19H29ClN2O. The Balaban J connectivity index is 0.00000192. The molecule has 23 heavy (non-hydrogen) atoms. The van der Waals surface area contributed by atoms with E-state index in [2.05, 4.69) is 42.3 Å². The highest BCUT2D eigenvalue weighted by molar-refractivity contribution is 5.96. The van der Waals surface area contributed by atoms with Gasteiger partial charge in [0.15, 0.2) is 0 Å². The van der Waals surface area contributed by atoms with Crippen LogP contribution in [0.2, 0.25) is 0 Å². The van der Waals surface area contributed by atoms with Crippen molar-refractivity contribution in [2.24, 2.45) is 5.92 Å². The molecule has 3 rings (SSSR count). The number of halogens is 1. The van der Waals surface area contributed by atoms with Crippen molar-refractivity contribution in [1.82, 2.24) is 10.2 Å². The predicted molar refractivity (Wildman–Crippen MR) is 97.6 cm³/mol. The van der Waals surface area contributed by atoms with Crippen LogP contribution in [0.1, 0.15) is 60.0 Å². The van der Waals surface area contributed by atoms with Crippen LogP contribution >= 0.6 is 12.4 Å². The lowest BCUT2D eigenvalue weighted by Crippen LogP contribution is -2.39. The number of hydrogen-bond acceptors (Lipinski definition) is 2. The van der Waals surface area contributed by atoms with Gasteiger partial charge in [-0.1, -0.05) is 19.1 Å². The third-order valence-electron chi connectivity index (χ3n) is 5.25. The molecule has 0 aromatic heterocycles. The summed E-state index contributed by atoms with van der Waals surface area (Å²) in [5.74, 6) is 1.47. The van der Waals surface area contributed by atoms with Crippen molar-refractivity contribution < 1.29 is 4.79 Å². The van der Waals surface area contributed by atoms with Crippen molar-refractivity contribution in [2.45, 2.75) is 45.4 Å². The van der Waals surface area contributed by atoms with Gasteiger partial charge in [0, 0.05) is 18.7 Å². The molecule has 1 atom stereocenters. The van der Waals surface area contributed by atoms with Gasteiger partial charge < -0.3 is 10.2 Å². The molecule has 0 radical (unpaired) electrons. The zero-order chi connectivity index (χ0) is 15.5. The Bertz CT molecular complexity index is 540. The fourth-order valence-corrected chi connectivity index (χ4v) is 3.82. The summed E-state index contributed by atoms with van der Waals surface area (Å²) in [6.45, 7) is 8.32. The number of carbonyl (C=O) groups is 1. The summed E-state index contributed by atoms with van der Waals surface area (Å²) < 4.78 is 0. The maximum atomic E-state index is 12.9. The second kappa shape index (κ2) is 8.16. The highest BCUT2D eigenvalue weighted by atomic mass is 35.5. The molecule has 2 heterocycles. The minimum atomic E-state index is 0. The Labute approximate surface area is 146 Å². The lowest BCUT2D eigenvalue weighted by molar-refractivity contribution is 0.0682. The fraction of sp³-hybridized carbons (Fsp3) is 0.632. The van der Waals surface area contributed by atoms with Gasteiger partial charge in [0.25, 0.3) is 5.91 Å². The Morgan fingerprint density at radius 1 is 1.22 bits per heavy atom. The number of amides is 1. The number of hydrogen-bond donors (Lipinski definition) is 1. The number of aryl methyl sites for hydroxylation is 1. The number of piperidine rings is 2. The van der Waals surface area contributed by atoms with Crippen molar-refractivity contribution in [3.05, 3.63) is 34.9 Å². The second-order valence-corrected chi connectivity index (χ2v) is 7.10. The average molecular weight is 337 g/mol. The first-order chi connectivity index (χ1) is 10.6. The SMILES string of the molecule is Cc1ccc(C2CCNCC2)cc1C(=O)N1CCCC(C)C1.Cl. The molecule has 0 aliphatic carbocycles. The van der Waals surface area contributed by atoms with Crippen LogP contribution in [0.3, 0.4) is 0 Å². The predicted octanol–water partition coefficient (Wildman–Crippen LogP) is 3.76. The Morgan fingerprint density at radius 3 is 2.65 bits per heavy atom. The van der Waals surface area contributed by atoms with Gasteiger partial charge in [0.05, 0.1) is 0 Å². The lowest BCUT2D eigenvalue weighted by atomic mass is 9.88. The quantitative estimate of drug-likeness (QED) is 0.892. The second-order valence-electron chi connectivity index (χ2n) is 7.10. The summed E-state index contributed by atoms with van der Waals surface area (Å²) in [6, 6.07) is 6.53. The highest BCUT2D eigenvalue weighted by Gasteiger charge is 2.24. The topological polar surface area (TPSA) is 32.3 Å². The molecule has 1 N–H and O–H groups in total. The zero-order valence-corrected chi connectivity index (χ0v) is 15.1. The minimum absolute atomic E-state index is 0. The summed E-state index contributed by atoms with van der Waals surface area (Å²) in [4.78, 5) is 15.0. The molecule has 0 saturated carbocycles. The average Bonchev–Trinajstić information content (AvgIpc) is 2.55. The van der Waals surface area contributed by atoms with Gasteiger partial charge in [0.2, 0.25) is 0 Å². The summed E-state index contributed by atoms with van der Waals surface area (Å²) in [6.07, 6.45) is 4.74. The van der Waals surface area contributed by atoms with E-state index in [1.165, 1.54) is 24.8 Å². The van der Waals surface area contributed by atoms with E-state index in [0.29, 0.717) is 11.8 Å². The van der Waals surface area contributed by atoms with Crippen LogP contribution in [0.4, 0.5) is 0 Å². The fourth-order valence-electron chi connectivity index (χ4n) is 3.82. The van der Waals surface area contributed by atoms with Crippen molar-refractivity contribution in [3.8, 4) is 0 Å². The van der Waals surface area contributed by atoms with Gasteiger partial charge in [0.1, 0.15) is 0 Å². The summed E-state index contributed by atoms with van der Waals surface area (Å²) >= 11 is 0. The summed E-state index contributed by atoms with van der Waals surface area (Å²) in [5, 5.41) is 3.41. The number of likely N-dealkylation sites (tertiary alicyclic amines) is 1. The monoisotopic (exact) mass is 336 g/mol. The largest absolute Gasteiger partial charge is 0.338 e. The van der Waals surface area contributed by atoms with Gasteiger partial charge in [-0.15, -0.1) is 12.4 Å². The van der Waals surface area contributed by atoms with Crippen LogP contribution in [-0.2, 0) is 0 Å². The maximum absolute atomic E-state index is 12.9. The van der Waals surface area contributed by atoms with E-state index in [-0.39, 0.29) is 18.3 Å². The van der Waals surface area contributed by atoms with E-state index >= 15 is 0 Å². The van der Waals surface area contributed by atoms with Crippen molar-refractivity contribution in [1.29, 1.82) is 0 Å². The number of rotatable bonds is 2. The van der Waals surface area contributed by atoms with Crippen LogP contribution in [-0.4, -0.2) is 37.0 Å². The van der Waals surface area contributed by atoms with Crippen LogP contribution in [0.5, 0.6) is 0 Å². The third-order valence-corrected chi connectivity index (χ3v) is 5.25. The number of benzene rings is 1. The molecule has 1 aromatic carbocycles. The molecule has 2 aliphatic rings. The molecule has 0 spiro atoms. The summed E-state index contributed by atoms with van der Waals surface area (Å²) in [5.41, 5.74) is 3.38. The van der Waals surface area contributed by atoms with Crippen molar-refractivity contribution in [2.75, 3.05) is 26.2 Å². The zero-order valence-electron chi connectivity index (χ0n) is 14.3. The first kappa shape index (κ1) is 18.3. The normalized spacial score (nSPS) is 22.5. The van der Waals surface area contributed by atoms with Gasteiger partial charge >= 0.3 is 0 Å². The van der Waals surface area contributed by atoms with Gasteiger partial charge in [-0.25, -0.2) is 0 Å². The molecule has 2 aliphatic heterocycles. The van der Waals surface area contributed by atoms with E-state index in [4.69, 9.17) is 0 Å². The molecule has 1 aromatic rings. The van der Waals surface area contributed by atoms with Crippen LogP contribution in [0.15, 0.2) is 18.2 Å². The van der Waals surface area contributed by atoms with E-state index in [1.54, 1.807) is 0 Å². The maximum Gasteiger partial charge on any atom is 0.254 e. The highest BCUT2D eigenvalue weighted by Crippen LogP contribution is 2.28. The third kappa shape index (κ3) is 4.27. The van der Waals surface area contributed by atoms with Crippen molar-refractivity contribution >= 4 is 18.3 Å².